The van der Waals surface area contributed by atoms with Crippen LogP contribution in [0.2, 0.25) is 0 Å². The second-order valence-electron chi connectivity index (χ2n) is 7.00. The zero-order chi connectivity index (χ0) is 17.9. The predicted molar refractivity (Wildman–Crippen MR) is 88.3 cm³/mol. The molecule has 5 nitrogen and oxygen atoms in total. The summed E-state index contributed by atoms with van der Waals surface area (Å²) in [6.45, 7) is 3.78. The maximum atomic E-state index is 12.5. The van der Waals surface area contributed by atoms with Crippen LogP contribution in [0.5, 0.6) is 0 Å². The third-order valence-corrected chi connectivity index (χ3v) is 5.07. The summed E-state index contributed by atoms with van der Waals surface area (Å²) in [5.74, 6) is 0. The van der Waals surface area contributed by atoms with E-state index < -0.39 is 12.7 Å². The molecule has 1 aromatic rings. The molecule has 25 heavy (non-hydrogen) atoms. The van der Waals surface area contributed by atoms with Gasteiger partial charge in [-0.2, -0.15) is 18.3 Å². The number of aryl methyl sites for hydroxylation is 1. The van der Waals surface area contributed by atoms with Crippen molar-refractivity contribution in [3.05, 3.63) is 18.0 Å². The summed E-state index contributed by atoms with van der Waals surface area (Å²) in [6, 6.07) is 0.447. The second kappa shape index (κ2) is 8.05. The Bertz CT molecular complexity index is 540. The standard InChI is InChI=1S/C17H27F3N4O/c1-2-24-11-13(10-21-24)16-15(4-3-9-25-16)22-14-5-7-23(8-6-14)12-17(18,19)20/h10-11,14-16,22H,2-9,12H2,1H3/t15-,16+/m0/s1. The summed E-state index contributed by atoms with van der Waals surface area (Å²) in [6.07, 6.45) is 3.26. The maximum Gasteiger partial charge on any atom is 0.401 e. The van der Waals surface area contributed by atoms with Gasteiger partial charge in [-0.1, -0.05) is 0 Å². The first-order valence-corrected chi connectivity index (χ1v) is 9.13. The third kappa shape index (κ3) is 5.18. The smallest absolute Gasteiger partial charge is 0.372 e. The first kappa shape index (κ1) is 18.7. The Hall–Kier alpha value is -1.12. The zero-order valence-electron chi connectivity index (χ0n) is 14.6. The monoisotopic (exact) mass is 360 g/mol. The van der Waals surface area contributed by atoms with Gasteiger partial charge in [-0.15, -0.1) is 0 Å². The van der Waals surface area contributed by atoms with Crippen LogP contribution in [0.25, 0.3) is 0 Å². The van der Waals surface area contributed by atoms with Crippen LogP contribution >= 0.6 is 0 Å². The molecule has 0 spiro atoms. The molecular weight excluding hydrogens is 333 g/mol. The third-order valence-electron chi connectivity index (χ3n) is 5.07. The summed E-state index contributed by atoms with van der Waals surface area (Å²) >= 11 is 0. The quantitative estimate of drug-likeness (QED) is 0.877. The average molecular weight is 360 g/mol. The van der Waals surface area contributed by atoms with E-state index in [0.717, 1.165) is 44.4 Å². The fourth-order valence-electron chi connectivity index (χ4n) is 3.79. The molecular formula is C17H27F3N4O. The van der Waals surface area contributed by atoms with E-state index in [-0.39, 0.29) is 18.2 Å². The van der Waals surface area contributed by atoms with Crippen molar-refractivity contribution >= 4 is 0 Å². The highest BCUT2D eigenvalue weighted by Crippen LogP contribution is 2.29. The highest BCUT2D eigenvalue weighted by Gasteiger charge is 2.34. The molecule has 3 rings (SSSR count). The number of hydrogen-bond acceptors (Lipinski definition) is 4. The summed E-state index contributed by atoms with van der Waals surface area (Å²) < 4.78 is 45.4. The molecule has 2 aliphatic heterocycles. The first-order valence-electron chi connectivity index (χ1n) is 9.13. The number of alkyl halides is 3. The minimum Gasteiger partial charge on any atom is -0.372 e. The van der Waals surface area contributed by atoms with Crippen LogP contribution in [0, 0.1) is 0 Å². The number of piperidine rings is 1. The fraction of sp³-hybridized carbons (Fsp3) is 0.824. The minimum absolute atomic E-state index is 0.0257. The number of rotatable bonds is 5. The summed E-state index contributed by atoms with van der Waals surface area (Å²) in [5.41, 5.74) is 1.08. The highest BCUT2D eigenvalue weighted by molar-refractivity contribution is 5.12. The molecule has 2 saturated heterocycles. The Morgan fingerprint density at radius 2 is 2.04 bits per heavy atom. The highest BCUT2D eigenvalue weighted by atomic mass is 19.4. The van der Waals surface area contributed by atoms with E-state index in [4.69, 9.17) is 4.74 Å². The zero-order valence-corrected chi connectivity index (χ0v) is 14.6. The van der Waals surface area contributed by atoms with Crippen molar-refractivity contribution in [3.63, 3.8) is 0 Å². The molecule has 0 saturated carbocycles. The van der Waals surface area contributed by atoms with E-state index in [9.17, 15) is 13.2 Å². The van der Waals surface area contributed by atoms with Crippen LogP contribution < -0.4 is 5.32 Å². The van der Waals surface area contributed by atoms with Gasteiger partial charge in [0.1, 0.15) is 6.10 Å². The van der Waals surface area contributed by atoms with Crippen LogP contribution in [0.15, 0.2) is 12.4 Å². The lowest BCUT2D eigenvalue weighted by Crippen LogP contribution is -2.50. The van der Waals surface area contributed by atoms with Crippen molar-refractivity contribution in [1.82, 2.24) is 20.0 Å². The molecule has 0 bridgehead atoms. The van der Waals surface area contributed by atoms with E-state index >= 15 is 0 Å². The molecule has 8 heteroatoms. The molecule has 2 atom stereocenters. The summed E-state index contributed by atoms with van der Waals surface area (Å²) in [5, 5.41) is 7.98. The van der Waals surface area contributed by atoms with Gasteiger partial charge < -0.3 is 10.1 Å². The largest absolute Gasteiger partial charge is 0.401 e. The maximum absolute atomic E-state index is 12.5. The molecule has 1 aromatic heterocycles. The van der Waals surface area contributed by atoms with Gasteiger partial charge in [-0.25, -0.2) is 0 Å². The van der Waals surface area contributed by atoms with Gasteiger partial charge in [-0.3, -0.25) is 9.58 Å². The van der Waals surface area contributed by atoms with Crippen molar-refractivity contribution in [3.8, 4) is 0 Å². The van der Waals surface area contributed by atoms with Crippen LogP contribution in [0.3, 0.4) is 0 Å². The van der Waals surface area contributed by atoms with Gasteiger partial charge in [0.25, 0.3) is 0 Å². The fourth-order valence-corrected chi connectivity index (χ4v) is 3.79. The molecule has 1 N–H and O–H groups in total. The molecule has 2 fully saturated rings. The van der Waals surface area contributed by atoms with E-state index in [1.165, 1.54) is 4.90 Å². The lowest BCUT2D eigenvalue weighted by Gasteiger charge is -2.38. The van der Waals surface area contributed by atoms with Gasteiger partial charge in [-0.05, 0) is 45.7 Å². The van der Waals surface area contributed by atoms with Gasteiger partial charge in [0.15, 0.2) is 0 Å². The number of likely N-dealkylation sites (tertiary alicyclic amines) is 1. The van der Waals surface area contributed by atoms with Crippen molar-refractivity contribution in [2.45, 2.75) is 63.5 Å². The number of nitrogens with one attached hydrogen (secondary N) is 1. The van der Waals surface area contributed by atoms with Crippen molar-refractivity contribution in [2.75, 3.05) is 26.2 Å². The molecule has 0 unspecified atom stereocenters. The van der Waals surface area contributed by atoms with E-state index in [1.54, 1.807) is 0 Å². The average Bonchev–Trinajstić information content (AvgIpc) is 3.05. The van der Waals surface area contributed by atoms with Crippen LogP contribution in [0.1, 0.15) is 44.3 Å². The van der Waals surface area contributed by atoms with Gasteiger partial charge in [0, 0.05) is 37.0 Å². The summed E-state index contributed by atoms with van der Waals surface area (Å²) in [4.78, 5) is 1.50. The van der Waals surface area contributed by atoms with Crippen molar-refractivity contribution in [2.24, 2.45) is 0 Å². The molecule has 0 aromatic carbocycles. The Kier molecular flexibility index (Phi) is 6.01. The van der Waals surface area contributed by atoms with Gasteiger partial charge in [0.05, 0.1) is 12.7 Å². The van der Waals surface area contributed by atoms with Crippen molar-refractivity contribution < 1.29 is 17.9 Å². The number of nitrogens with zero attached hydrogens (tertiary/aromatic N) is 3. The number of ether oxygens (including phenoxy) is 1. The second-order valence-corrected chi connectivity index (χ2v) is 7.00. The Morgan fingerprint density at radius 3 is 2.68 bits per heavy atom. The van der Waals surface area contributed by atoms with E-state index in [1.807, 2.05) is 24.0 Å². The van der Waals surface area contributed by atoms with Crippen LogP contribution in [-0.2, 0) is 11.3 Å². The number of halogens is 3. The topological polar surface area (TPSA) is 42.3 Å². The Morgan fingerprint density at radius 1 is 1.28 bits per heavy atom. The normalized spacial score (nSPS) is 26.9. The van der Waals surface area contributed by atoms with E-state index in [2.05, 4.69) is 10.4 Å². The lowest BCUT2D eigenvalue weighted by atomic mass is 9.95. The molecule has 142 valence electrons. The molecule has 0 amide bonds. The lowest BCUT2D eigenvalue weighted by molar-refractivity contribution is -0.148. The van der Waals surface area contributed by atoms with Gasteiger partial charge in [0.2, 0.25) is 0 Å². The molecule has 2 aliphatic rings. The van der Waals surface area contributed by atoms with Gasteiger partial charge >= 0.3 is 6.18 Å². The first-order chi connectivity index (χ1) is 11.9. The molecule has 0 aliphatic carbocycles. The predicted octanol–water partition coefficient (Wildman–Crippen LogP) is 2.74. The molecule has 0 radical (unpaired) electrons. The number of aromatic nitrogens is 2. The summed E-state index contributed by atoms with van der Waals surface area (Å²) in [7, 11) is 0. The SMILES string of the molecule is CCn1cc([C@H]2OCCC[C@@H]2NC2CCN(CC(F)(F)F)CC2)cn1. The minimum atomic E-state index is -4.11. The van der Waals surface area contributed by atoms with Crippen LogP contribution in [0.4, 0.5) is 13.2 Å². The Balaban J connectivity index is 1.54. The van der Waals surface area contributed by atoms with Crippen LogP contribution in [-0.4, -0.2) is 59.2 Å². The Labute approximate surface area is 146 Å². The molecule has 3 heterocycles. The van der Waals surface area contributed by atoms with E-state index in [0.29, 0.717) is 13.1 Å². The van der Waals surface area contributed by atoms with Crippen molar-refractivity contribution in [1.29, 1.82) is 0 Å². The number of hydrogen-bond donors (Lipinski definition) is 1.